The van der Waals surface area contributed by atoms with Gasteiger partial charge in [0.05, 0.1) is 11.9 Å². The molecule has 0 unspecified atom stereocenters. The zero-order chi connectivity index (χ0) is 15.0. The van der Waals surface area contributed by atoms with E-state index in [9.17, 15) is 4.79 Å². The van der Waals surface area contributed by atoms with Crippen molar-refractivity contribution in [2.75, 3.05) is 19.1 Å². The molecule has 0 fully saturated rings. The number of halogens is 1. The van der Waals surface area contributed by atoms with Crippen LogP contribution in [0.2, 0.25) is 0 Å². The number of anilines is 1. The first kappa shape index (κ1) is 15.9. The summed E-state index contributed by atoms with van der Waals surface area (Å²) < 4.78 is 0. The van der Waals surface area contributed by atoms with Crippen LogP contribution in [0, 0.1) is 0 Å². The smallest absolute Gasteiger partial charge is 0.252 e. The van der Waals surface area contributed by atoms with Crippen molar-refractivity contribution in [3.8, 4) is 0 Å². The van der Waals surface area contributed by atoms with Gasteiger partial charge in [0.1, 0.15) is 0 Å². The Kier molecular flexibility index (Phi) is 6.40. The van der Waals surface area contributed by atoms with Gasteiger partial charge in [-0.25, -0.2) is 0 Å². The van der Waals surface area contributed by atoms with E-state index in [-0.39, 0.29) is 0 Å². The summed E-state index contributed by atoms with van der Waals surface area (Å²) in [6, 6.07) is 6.87. The number of hydrogen-bond donors (Lipinski definition) is 0. The van der Waals surface area contributed by atoms with Gasteiger partial charge >= 0.3 is 0 Å². The number of nitrogens with zero attached hydrogens (tertiary/aromatic N) is 3. The molecule has 0 aliphatic carbocycles. The van der Waals surface area contributed by atoms with Gasteiger partial charge < -0.3 is 0 Å². The summed E-state index contributed by atoms with van der Waals surface area (Å²) in [4.78, 5) is 14.8. The number of hydrazone groups is 1. The highest BCUT2D eigenvalue weighted by Gasteiger charge is 2.02. The number of rotatable bonds is 6. The van der Waals surface area contributed by atoms with Crippen molar-refractivity contribution in [1.82, 2.24) is 0 Å². The van der Waals surface area contributed by atoms with Crippen LogP contribution in [-0.2, 0) is 0 Å². The van der Waals surface area contributed by atoms with E-state index < -0.39 is 5.24 Å². The van der Waals surface area contributed by atoms with Crippen LogP contribution in [0.3, 0.4) is 0 Å². The molecule has 1 aromatic carbocycles. The van der Waals surface area contributed by atoms with Gasteiger partial charge in [-0.1, -0.05) is 12.7 Å². The molecule has 5 heteroatoms. The highest BCUT2D eigenvalue weighted by Crippen LogP contribution is 2.15. The van der Waals surface area contributed by atoms with E-state index in [1.54, 1.807) is 60.9 Å². The lowest BCUT2D eigenvalue weighted by Gasteiger charge is -2.12. The molecule has 0 bridgehead atoms. The molecule has 1 aromatic rings. The largest absolute Gasteiger partial charge is 0.296 e. The maximum absolute atomic E-state index is 11.0. The van der Waals surface area contributed by atoms with Crippen molar-refractivity contribution in [2.45, 2.75) is 0 Å². The van der Waals surface area contributed by atoms with Crippen LogP contribution >= 0.6 is 11.6 Å². The Labute approximate surface area is 123 Å². The molecule has 4 nitrogen and oxygen atoms in total. The Morgan fingerprint density at radius 1 is 1.35 bits per heavy atom. The second kappa shape index (κ2) is 8.07. The average Bonchev–Trinajstić information content (AvgIpc) is 2.47. The predicted octanol–water partition coefficient (Wildman–Crippen LogP) is 3.30. The molecule has 0 aliphatic heterocycles. The van der Waals surface area contributed by atoms with Gasteiger partial charge in [-0.3, -0.25) is 14.8 Å². The fourth-order valence-electron chi connectivity index (χ4n) is 1.35. The molecule has 0 radical (unpaired) electrons. The van der Waals surface area contributed by atoms with E-state index in [4.69, 9.17) is 11.6 Å². The van der Waals surface area contributed by atoms with Crippen molar-refractivity contribution >= 4 is 35.0 Å². The lowest BCUT2D eigenvalue weighted by molar-refractivity contribution is 0.108. The number of carbonyl (C=O) groups excluding carboxylic acids is 1. The fourth-order valence-corrected chi connectivity index (χ4v) is 1.48. The Hall–Kier alpha value is -2.20. The normalized spacial score (nSPS) is 12.1. The first-order valence-corrected chi connectivity index (χ1v) is 6.28. The molecule has 0 heterocycles. The van der Waals surface area contributed by atoms with Crippen LogP contribution in [0.25, 0.3) is 0 Å². The third kappa shape index (κ3) is 4.82. The Balaban J connectivity index is 2.82. The van der Waals surface area contributed by atoms with Crippen molar-refractivity contribution in [2.24, 2.45) is 10.1 Å². The minimum Gasteiger partial charge on any atom is -0.296 e. The molecule has 0 N–H and O–H groups in total. The van der Waals surface area contributed by atoms with E-state index in [0.717, 1.165) is 11.3 Å². The number of allylic oxidation sites excluding steroid dienone is 3. The first-order valence-electron chi connectivity index (χ1n) is 5.91. The molecule has 0 saturated carbocycles. The lowest BCUT2D eigenvalue weighted by atomic mass is 10.2. The first-order chi connectivity index (χ1) is 9.58. The summed E-state index contributed by atoms with van der Waals surface area (Å²) in [7, 11) is 3.50. The standard InChI is InChI=1S/C15H16ClN3O/c1-4-12(9-10-17-2)11-18-19(3)14-7-5-13(6-8-14)15(16)20/h4-11H,1H2,2-3H3/b12-9+,17-10?,18-11+. The molecule has 20 heavy (non-hydrogen) atoms. The van der Waals surface area contributed by atoms with Gasteiger partial charge in [0, 0.05) is 25.9 Å². The number of hydrogen-bond acceptors (Lipinski definition) is 4. The molecule has 1 rings (SSSR count). The number of aliphatic imine (C=N–C) groups is 1. The number of carbonyl (C=O) groups is 1. The molecular weight excluding hydrogens is 274 g/mol. The molecule has 0 atom stereocenters. The summed E-state index contributed by atoms with van der Waals surface area (Å²) in [6.45, 7) is 3.70. The summed E-state index contributed by atoms with van der Waals surface area (Å²) in [5.41, 5.74) is 2.14. The van der Waals surface area contributed by atoms with E-state index >= 15 is 0 Å². The quantitative estimate of drug-likeness (QED) is 0.349. The van der Waals surface area contributed by atoms with E-state index in [2.05, 4.69) is 16.7 Å². The van der Waals surface area contributed by atoms with Gasteiger partial charge in [0.2, 0.25) is 0 Å². The van der Waals surface area contributed by atoms with Crippen LogP contribution < -0.4 is 5.01 Å². The molecule has 0 saturated heterocycles. The predicted molar refractivity (Wildman–Crippen MR) is 86.2 cm³/mol. The van der Waals surface area contributed by atoms with Crippen LogP contribution in [0.5, 0.6) is 0 Å². The van der Waals surface area contributed by atoms with E-state index in [1.165, 1.54) is 0 Å². The van der Waals surface area contributed by atoms with E-state index in [0.29, 0.717) is 5.56 Å². The maximum atomic E-state index is 11.0. The van der Waals surface area contributed by atoms with Gasteiger partial charge in [0.25, 0.3) is 5.24 Å². The molecule has 104 valence electrons. The van der Waals surface area contributed by atoms with Crippen LogP contribution in [-0.4, -0.2) is 31.8 Å². The molecule has 0 amide bonds. The van der Waals surface area contributed by atoms with Crippen molar-refractivity contribution < 1.29 is 4.79 Å². The number of benzene rings is 1. The molecular formula is C15H16ClN3O. The van der Waals surface area contributed by atoms with Gasteiger partial charge in [0.15, 0.2) is 0 Å². The minimum atomic E-state index is -0.474. The van der Waals surface area contributed by atoms with Crippen LogP contribution in [0.4, 0.5) is 5.69 Å². The summed E-state index contributed by atoms with van der Waals surface area (Å²) in [5.74, 6) is 0. The maximum Gasteiger partial charge on any atom is 0.252 e. The van der Waals surface area contributed by atoms with Gasteiger partial charge in [-0.05, 0) is 47.5 Å². The van der Waals surface area contributed by atoms with Crippen molar-refractivity contribution in [3.05, 3.63) is 54.1 Å². The SMILES string of the molecule is C=CC(/C=N/N(C)c1ccc(C(=O)Cl)cc1)=C\C=NC. The zero-order valence-corrected chi connectivity index (χ0v) is 12.2. The monoisotopic (exact) mass is 289 g/mol. The third-order valence-corrected chi connectivity index (χ3v) is 2.72. The summed E-state index contributed by atoms with van der Waals surface area (Å²) in [5, 5.41) is 5.49. The van der Waals surface area contributed by atoms with Gasteiger partial charge in [-0.2, -0.15) is 5.10 Å². The van der Waals surface area contributed by atoms with Crippen LogP contribution in [0.15, 0.2) is 58.7 Å². The Bertz CT molecular complexity index is 559. The molecule has 0 aromatic heterocycles. The minimum absolute atomic E-state index is 0.457. The second-order valence-corrected chi connectivity index (χ2v) is 4.21. The second-order valence-electron chi connectivity index (χ2n) is 3.87. The molecule has 0 spiro atoms. The summed E-state index contributed by atoms with van der Waals surface area (Å²) >= 11 is 5.39. The average molecular weight is 290 g/mol. The third-order valence-electron chi connectivity index (χ3n) is 2.50. The highest BCUT2D eigenvalue weighted by molar-refractivity contribution is 6.67. The highest BCUT2D eigenvalue weighted by atomic mass is 35.5. The van der Waals surface area contributed by atoms with Crippen molar-refractivity contribution in [3.63, 3.8) is 0 Å². The Morgan fingerprint density at radius 2 is 2.00 bits per heavy atom. The Morgan fingerprint density at radius 3 is 2.50 bits per heavy atom. The summed E-state index contributed by atoms with van der Waals surface area (Å²) in [6.07, 6.45) is 6.84. The van der Waals surface area contributed by atoms with Crippen molar-refractivity contribution in [1.29, 1.82) is 0 Å². The zero-order valence-electron chi connectivity index (χ0n) is 11.5. The molecule has 0 aliphatic rings. The fraction of sp³-hybridized carbons (Fsp3) is 0.133. The van der Waals surface area contributed by atoms with Gasteiger partial charge in [-0.15, -0.1) is 0 Å². The van der Waals surface area contributed by atoms with Crippen LogP contribution in [0.1, 0.15) is 10.4 Å². The lowest BCUT2D eigenvalue weighted by Crippen LogP contribution is -2.09. The van der Waals surface area contributed by atoms with E-state index in [1.807, 2.05) is 7.05 Å². The topological polar surface area (TPSA) is 45.0 Å².